The lowest BCUT2D eigenvalue weighted by atomic mass is 10.1. The van der Waals surface area contributed by atoms with Crippen LogP contribution in [0.5, 0.6) is 0 Å². The molecule has 0 aromatic heterocycles. The van der Waals surface area contributed by atoms with Crippen LogP contribution >= 0.6 is 0 Å². The standard InChI is InChI=1S/C9H15NO3/c1-2-7-3-8(6-11)10(4-7)5-9(12)13/h2,7-8,11H,1,3-6H2,(H,12,13)/t7-,8+/m1/s1. The highest BCUT2D eigenvalue weighted by Crippen LogP contribution is 2.22. The van der Waals surface area contributed by atoms with E-state index < -0.39 is 5.97 Å². The van der Waals surface area contributed by atoms with Gasteiger partial charge in [-0.2, -0.15) is 0 Å². The molecule has 0 spiro atoms. The Morgan fingerprint density at radius 3 is 2.85 bits per heavy atom. The molecule has 0 unspecified atom stereocenters. The number of carboxylic acids is 1. The van der Waals surface area contributed by atoms with Crippen molar-refractivity contribution in [1.82, 2.24) is 4.90 Å². The van der Waals surface area contributed by atoms with Gasteiger partial charge in [0, 0.05) is 12.6 Å². The molecule has 4 nitrogen and oxygen atoms in total. The maximum atomic E-state index is 10.5. The van der Waals surface area contributed by atoms with Gasteiger partial charge >= 0.3 is 5.97 Å². The van der Waals surface area contributed by atoms with Crippen LogP contribution in [-0.2, 0) is 4.79 Å². The molecule has 13 heavy (non-hydrogen) atoms. The van der Waals surface area contributed by atoms with Crippen LogP contribution in [0.15, 0.2) is 12.7 Å². The molecule has 2 atom stereocenters. The summed E-state index contributed by atoms with van der Waals surface area (Å²) in [6, 6.07) is -0.0147. The van der Waals surface area contributed by atoms with E-state index in [1.165, 1.54) is 0 Å². The number of likely N-dealkylation sites (tertiary alicyclic amines) is 1. The van der Waals surface area contributed by atoms with Crippen molar-refractivity contribution in [3.8, 4) is 0 Å². The smallest absolute Gasteiger partial charge is 0.317 e. The first-order chi connectivity index (χ1) is 6.17. The SMILES string of the molecule is C=C[C@@H]1C[C@@H](CO)N(CC(=O)O)C1. The Morgan fingerprint density at radius 1 is 1.69 bits per heavy atom. The van der Waals surface area contributed by atoms with E-state index in [0.717, 1.165) is 6.42 Å². The van der Waals surface area contributed by atoms with Crippen molar-refractivity contribution in [1.29, 1.82) is 0 Å². The number of aliphatic carboxylic acids is 1. The van der Waals surface area contributed by atoms with Crippen LogP contribution in [0.3, 0.4) is 0 Å². The highest BCUT2D eigenvalue weighted by molar-refractivity contribution is 5.69. The predicted molar refractivity (Wildman–Crippen MR) is 48.4 cm³/mol. The molecular formula is C9H15NO3. The average Bonchev–Trinajstić information content (AvgIpc) is 2.46. The van der Waals surface area contributed by atoms with Crippen molar-refractivity contribution in [3.63, 3.8) is 0 Å². The molecule has 74 valence electrons. The molecule has 0 amide bonds. The molecule has 0 radical (unpaired) electrons. The van der Waals surface area contributed by atoms with E-state index in [4.69, 9.17) is 10.2 Å². The highest BCUT2D eigenvalue weighted by Gasteiger charge is 2.30. The molecule has 1 rings (SSSR count). The Kier molecular flexibility index (Phi) is 3.45. The summed E-state index contributed by atoms with van der Waals surface area (Å²) >= 11 is 0. The third kappa shape index (κ3) is 2.54. The lowest BCUT2D eigenvalue weighted by Gasteiger charge is -2.19. The molecule has 1 aliphatic rings. The highest BCUT2D eigenvalue weighted by atomic mass is 16.4. The summed E-state index contributed by atoms with van der Waals surface area (Å²) < 4.78 is 0. The van der Waals surface area contributed by atoms with Gasteiger partial charge in [0.05, 0.1) is 13.2 Å². The molecule has 0 aliphatic carbocycles. The van der Waals surface area contributed by atoms with Gasteiger partial charge in [0.25, 0.3) is 0 Å². The summed E-state index contributed by atoms with van der Waals surface area (Å²) in [7, 11) is 0. The van der Waals surface area contributed by atoms with Gasteiger partial charge in [0.15, 0.2) is 0 Å². The van der Waals surface area contributed by atoms with Crippen LogP contribution in [0.25, 0.3) is 0 Å². The van der Waals surface area contributed by atoms with Gasteiger partial charge < -0.3 is 10.2 Å². The summed E-state index contributed by atoms with van der Waals surface area (Å²) in [6.45, 7) is 4.40. The topological polar surface area (TPSA) is 60.8 Å². The van der Waals surface area contributed by atoms with Crippen LogP contribution in [0.1, 0.15) is 6.42 Å². The molecule has 4 heteroatoms. The summed E-state index contributed by atoms with van der Waals surface area (Å²) in [4.78, 5) is 12.2. The quantitative estimate of drug-likeness (QED) is 0.602. The number of hydrogen-bond acceptors (Lipinski definition) is 3. The fraction of sp³-hybridized carbons (Fsp3) is 0.667. The second-order valence-corrected chi connectivity index (χ2v) is 3.39. The Morgan fingerprint density at radius 2 is 2.38 bits per heavy atom. The Hall–Kier alpha value is -0.870. The van der Waals surface area contributed by atoms with Gasteiger partial charge in [-0.3, -0.25) is 9.69 Å². The zero-order valence-corrected chi connectivity index (χ0v) is 7.52. The van der Waals surface area contributed by atoms with Crippen molar-refractivity contribution < 1.29 is 15.0 Å². The number of aliphatic hydroxyl groups is 1. The summed E-state index contributed by atoms with van der Waals surface area (Å²) in [6.07, 6.45) is 2.64. The number of aliphatic hydroxyl groups excluding tert-OH is 1. The van der Waals surface area contributed by atoms with Gasteiger partial charge in [0.1, 0.15) is 0 Å². The Balaban J connectivity index is 2.52. The normalized spacial score (nSPS) is 29.0. The third-order valence-corrected chi connectivity index (χ3v) is 2.44. The van der Waals surface area contributed by atoms with E-state index in [9.17, 15) is 4.79 Å². The van der Waals surface area contributed by atoms with Gasteiger partial charge in [-0.05, 0) is 12.3 Å². The van der Waals surface area contributed by atoms with E-state index in [2.05, 4.69) is 6.58 Å². The first-order valence-electron chi connectivity index (χ1n) is 4.36. The van der Waals surface area contributed by atoms with Crippen molar-refractivity contribution in [2.45, 2.75) is 12.5 Å². The van der Waals surface area contributed by atoms with Gasteiger partial charge in [-0.25, -0.2) is 0 Å². The van der Waals surface area contributed by atoms with Gasteiger partial charge in [-0.15, -0.1) is 6.58 Å². The monoisotopic (exact) mass is 185 g/mol. The molecule has 1 fully saturated rings. The molecule has 1 heterocycles. The number of hydrogen-bond donors (Lipinski definition) is 2. The minimum Gasteiger partial charge on any atom is -0.480 e. The fourth-order valence-electron chi connectivity index (χ4n) is 1.75. The largest absolute Gasteiger partial charge is 0.480 e. The van der Waals surface area contributed by atoms with Gasteiger partial charge in [-0.1, -0.05) is 6.08 Å². The van der Waals surface area contributed by atoms with E-state index in [1.54, 1.807) is 4.90 Å². The molecule has 0 aromatic rings. The molecule has 0 saturated carbocycles. The average molecular weight is 185 g/mol. The maximum Gasteiger partial charge on any atom is 0.317 e. The lowest BCUT2D eigenvalue weighted by molar-refractivity contribution is -0.138. The first-order valence-corrected chi connectivity index (χ1v) is 4.36. The number of carboxylic acid groups (broad SMARTS) is 1. The summed E-state index contributed by atoms with van der Waals surface area (Å²) in [5, 5.41) is 17.6. The van der Waals surface area contributed by atoms with Crippen molar-refractivity contribution in [3.05, 3.63) is 12.7 Å². The second kappa shape index (κ2) is 4.39. The third-order valence-electron chi connectivity index (χ3n) is 2.44. The Bertz CT molecular complexity index is 205. The predicted octanol–water partition coefficient (Wildman–Crippen LogP) is -0.0602. The first kappa shape index (κ1) is 10.2. The van der Waals surface area contributed by atoms with E-state index in [1.807, 2.05) is 6.08 Å². The fourth-order valence-corrected chi connectivity index (χ4v) is 1.75. The maximum absolute atomic E-state index is 10.5. The minimum atomic E-state index is -0.844. The van der Waals surface area contributed by atoms with Crippen LogP contribution in [0, 0.1) is 5.92 Å². The summed E-state index contributed by atoms with van der Waals surface area (Å²) in [5.74, 6) is -0.528. The Labute approximate surface area is 77.5 Å². The zero-order chi connectivity index (χ0) is 9.84. The molecular weight excluding hydrogens is 170 g/mol. The second-order valence-electron chi connectivity index (χ2n) is 3.39. The zero-order valence-electron chi connectivity index (χ0n) is 7.52. The number of rotatable bonds is 4. The van der Waals surface area contributed by atoms with Crippen LogP contribution in [-0.4, -0.2) is 46.8 Å². The van der Waals surface area contributed by atoms with Gasteiger partial charge in [0.2, 0.25) is 0 Å². The lowest BCUT2D eigenvalue weighted by Crippen LogP contribution is -2.36. The number of nitrogens with zero attached hydrogens (tertiary/aromatic N) is 1. The van der Waals surface area contributed by atoms with Crippen LogP contribution in [0.2, 0.25) is 0 Å². The molecule has 1 aliphatic heterocycles. The van der Waals surface area contributed by atoms with Crippen molar-refractivity contribution in [2.24, 2.45) is 5.92 Å². The van der Waals surface area contributed by atoms with Crippen LogP contribution in [0.4, 0.5) is 0 Å². The van der Waals surface area contributed by atoms with Crippen LogP contribution < -0.4 is 0 Å². The minimum absolute atomic E-state index is 0.00949. The van der Waals surface area contributed by atoms with Crippen molar-refractivity contribution in [2.75, 3.05) is 19.7 Å². The van der Waals surface area contributed by atoms with E-state index in [-0.39, 0.29) is 19.2 Å². The van der Waals surface area contributed by atoms with E-state index in [0.29, 0.717) is 12.5 Å². The molecule has 0 aromatic carbocycles. The molecule has 0 bridgehead atoms. The van der Waals surface area contributed by atoms with E-state index >= 15 is 0 Å². The molecule has 2 N–H and O–H groups in total. The summed E-state index contributed by atoms with van der Waals surface area (Å²) in [5.41, 5.74) is 0. The number of carbonyl (C=O) groups is 1. The molecule has 1 saturated heterocycles. The van der Waals surface area contributed by atoms with Crippen molar-refractivity contribution >= 4 is 5.97 Å².